The molecule has 2 aromatic heterocycles. The average Bonchev–Trinajstić information content (AvgIpc) is 4.03. The predicted molar refractivity (Wildman–Crippen MR) is 255 cm³/mol. The molecule has 0 aliphatic carbocycles. The highest BCUT2D eigenvalue weighted by molar-refractivity contribution is 6.09. The van der Waals surface area contributed by atoms with Crippen LogP contribution in [0, 0.1) is 0 Å². The quantitative estimate of drug-likeness (QED) is 0.153. The Balaban J connectivity index is 1.14. The predicted octanol–water partition coefficient (Wildman–Crippen LogP) is 14.8. The number of fused-ring (bicyclic) bond motifs is 4. The molecule has 1 aliphatic heterocycles. The first kappa shape index (κ1) is 23.8. The largest absolute Gasteiger partial charge is 0.321 e. The maximum atomic E-state index is 9.33. The molecule has 0 radical (unpaired) electrons. The summed E-state index contributed by atoms with van der Waals surface area (Å²) in [6.45, 7) is 4.28. The Hall–Kier alpha value is -7.69. The molecule has 4 nitrogen and oxygen atoms in total. The number of aromatic nitrogens is 2. The Bertz CT molecular complexity index is 3920. The maximum Gasteiger partial charge on any atom is 0.137 e. The summed E-state index contributed by atoms with van der Waals surface area (Å²) in [6.07, 6.45) is 1.78. The number of para-hydroxylation sites is 3. The van der Waals surface area contributed by atoms with Gasteiger partial charge in [-0.1, -0.05) is 165 Å². The molecule has 292 valence electrons. The van der Waals surface area contributed by atoms with Crippen LogP contribution in [0.4, 0.5) is 22.7 Å². The Morgan fingerprint density at radius 1 is 0.492 bits per heavy atom. The number of hydrogen-bond acceptors (Lipinski definition) is 3. The van der Waals surface area contributed by atoms with E-state index in [-0.39, 0.29) is 45.7 Å². The highest BCUT2D eigenvalue weighted by Gasteiger charge is 2.33. The van der Waals surface area contributed by atoms with Crippen molar-refractivity contribution in [3.05, 3.63) is 229 Å². The normalized spacial score (nSPS) is 16.1. The van der Waals surface area contributed by atoms with Gasteiger partial charge < -0.3 is 9.80 Å². The molecule has 61 heavy (non-hydrogen) atoms. The molecule has 3 heterocycles. The molecule has 11 rings (SSSR count). The fraction of sp³-hybridized carbons (Fsp3) is 0.0702. The molecular formula is C57H44N4. The zero-order chi connectivity index (χ0) is 54.0. The van der Waals surface area contributed by atoms with E-state index in [0.717, 1.165) is 44.4 Å². The van der Waals surface area contributed by atoms with Crippen LogP contribution in [0.2, 0.25) is 0 Å². The maximum absolute atomic E-state index is 9.33. The highest BCUT2D eigenvalue weighted by Crippen LogP contribution is 2.51. The molecule has 1 aliphatic rings. The first-order valence-corrected chi connectivity index (χ1v) is 19.8. The van der Waals surface area contributed by atoms with Crippen molar-refractivity contribution < 1.29 is 20.6 Å². The molecule has 8 aromatic carbocycles. The topological polar surface area (TPSA) is 24.3 Å². The average molecular weight is 800 g/mol. The summed E-state index contributed by atoms with van der Waals surface area (Å²) in [4.78, 5) is 8.54. The number of pyridine rings is 1. The van der Waals surface area contributed by atoms with E-state index in [2.05, 4.69) is 60.9 Å². The lowest BCUT2D eigenvalue weighted by atomic mass is 9.77. The third-order valence-electron chi connectivity index (χ3n) is 11.6. The third-order valence-corrected chi connectivity index (χ3v) is 11.6. The molecule has 0 bridgehead atoms. The summed E-state index contributed by atoms with van der Waals surface area (Å²) >= 11 is 0. The smallest absolute Gasteiger partial charge is 0.137 e. The molecule has 4 heteroatoms. The van der Waals surface area contributed by atoms with Crippen molar-refractivity contribution in [2.24, 2.45) is 0 Å². The van der Waals surface area contributed by atoms with Crippen molar-refractivity contribution in [1.82, 2.24) is 9.55 Å². The Labute approximate surface area is 378 Å². The summed E-state index contributed by atoms with van der Waals surface area (Å²) in [5.74, 6) is 0.788. The van der Waals surface area contributed by atoms with E-state index in [4.69, 9.17) is 20.1 Å². The van der Waals surface area contributed by atoms with Gasteiger partial charge in [0.25, 0.3) is 0 Å². The minimum Gasteiger partial charge on any atom is -0.321 e. The van der Waals surface area contributed by atoms with Crippen LogP contribution in [0.25, 0.3) is 61.0 Å². The van der Waals surface area contributed by atoms with Crippen molar-refractivity contribution in [3.8, 4) is 39.2 Å². The van der Waals surface area contributed by atoms with E-state index in [1.807, 2.05) is 65.6 Å². The molecule has 0 spiro atoms. The fourth-order valence-corrected chi connectivity index (χ4v) is 8.56. The van der Waals surface area contributed by atoms with Crippen LogP contribution in [0.5, 0.6) is 0 Å². The van der Waals surface area contributed by atoms with Crippen LogP contribution >= 0.6 is 0 Å². The minimum absolute atomic E-state index is 0.0231. The van der Waals surface area contributed by atoms with Gasteiger partial charge in [0.1, 0.15) is 12.5 Å². The van der Waals surface area contributed by atoms with Gasteiger partial charge in [-0.25, -0.2) is 4.98 Å². The van der Waals surface area contributed by atoms with E-state index in [1.54, 1.807) is 17.2 Å². The van der Waals surface area contributed by atoms with Gasteiger partial charge in [-0.3, -0.25) is 4.57 Å². The number of hydrogen-bond donors (Lipinski definition) is 0. The SMILES string of the molecule is [2H]c1c([2H])c([2H])c(-c2cc(-c3c([2H])c([2H])c([2H])c([2H])c3[2H])c(N3CN(c4cccc(C(C)(C)c5ccc6c7ccccc7n(-c7ccccn7)c6c5)c4)c4ccccc43)c(-c3c([2H])c([2H])c([2H])c([2H])c3[2H])c2)c([2H])c1[2H]. The Morgan fingerprint density at radius 3 is 1.75 bits per heavy atom. The molecule has 10 aromatic rings. The zero-order valence-electron chi connectivity index (χ0n) is 48.1. The van der Waals surface area contributed by atoms with E-state index >= 15 is 0 Å². The zero-order valence-corrected chi connectivity index (χ0v) is 33.1. The molecule has 0 unspecified atom stereocenters. The number of anilines is 4. The minimum atomic E-state index is -0.681. The number of benzene rings is 8. The molecule has 0 atom stereocenters. The lowest BCUT2D eigenvalue weighted by Gasteiger charge is -2.30. The van der Waals surface area contributed by atoms with Gasteiger partial charge in [-0.05, 0) is 94.0 Å². The Kier molecular flexibility index (Phi) is 5.79. The van der Waals surface area contributed by atoms with Crippen molar-refractivity contribution in [3.63, 3.8) is 0 Å². The molecular weight excluding hydrogens is 741 g/mol. The third kappa shape index (κ3) is 6.27. The second-order valence-electron chi connectivity index (χ2n) is 15.4. The first-order chi connectivity index (χ1) is 36.2. The molecule has 0 saturated carbocycles. The summed E-state index contributed by atoms with van der Waals surface area (Å²) in [6, 6.07) is 28.9. The van der Waals surface area contributed by atoms with Crippen LogP contribution in [0.1, 0.15) is 45.5 Å². The molecule has 0 fully saturated rings. The van der Waals surface area contributed by atoms with Crippen molar-refractivity contribution in [2.45, 2.75) is 19.3 Å². The number of nitrogens with zero attached hydrogens (tertiary/aromatic N) is 4. The van der Waals surface area contributed by atoms with E-state index in [1.165, 1.54) is 12.1 Å². The van der Waals surface area contributed by atoms with Crippen molar-refractivity contribution in [2.75, 3.05) is 16.5 Å². The van der Waals surface area contributed by atoms with Gasteiger partial charge in [0.2, 0.25) is 0 Å². The summed E-state index contributed by atoms with van der Waals surface area (Å²) in [7, 11) is 0. The van der Waals surface area contributed by atoms with Gasteiger partial charge >= 0.3 is 0 Å². The van der Waals surface area contributed by atoms with Crippen LogP contribution in [-0.4, -0.2) is 16.2 Å². The highest BCUT2D eigenvalue weighted by atomic mass is 15.4. The first-order valence-electron chi connectivity index (χ1n) is 27.3. The second-order valence-corrected chi connectivity index (χ2v) is 15.4. The van der Waals surface area contributed by atoms with E-state index in [9.17, 15) is 5.48 Å². The lowest BCUT2D eigenvalue weighted by molar-refractivity contribution is 0.641. The number of rotatable bonds is 8. The van der Waals surface area contributed by atoms with Crippen LogP contribution in [0.3, 0.4) is 0 Å². The van der Waals surface area contributed by atoms with Crippen molar-refractivity contribution >= 4 is 44.6 Å². The van der Waals surface area contributed by atoms with Gasteiger partial charge in [0.05, 0.1) is 48.7 Å². The van der Waals surface area contributed by atoms with Gasteiger partial charge in [0, 0.05) is 39.2 Å². The van der Waals surface area contributed by atoms with E-state index < -0.39 is 96.1 Å². The lowest BCUT2D eigenvalue weighted by Crippen LogP contribution is -2.25. The van der Waals surface area contributed by atoms with Gasteiger partial charge in [-0.15, -0.1) is 0 Å². The molecule has 0 saturated heterocycles. The summed E-state index contributed by atoms with van der Waals surface area (Å²) in [5, 5.41) is 2.18. The standard InChI is InChI=1S/C57H44N4/c1-57(2,45-32-33-48-47-27-12-13-28-51(47)61(54(48)38-45)55-31-16-17-34-58-55)44-25-18-26-46(37-44)59-39-60(53-30-15-14-29-52(53)59)56-49(41-21-8-4-9-22-41)35-43(40-19-6-3-7-20-40)36-50(56)42-23-10-5-11-24-42/h3-38H,39H2,1-2H3/i3D,4D,5D,6D,7D,8D,9D,10D,11D,19D,20D,21D,22D,23D,24D. The summed E-state index contributed by atoms with van der Waals surface area (Å²) < 4.78 is 135. The van der Waals surface area contributed by atoms with Crippen LogP contribution in [0.15, 0.2) is 218 Å². The summed E-state index contributed by atoms with van der Waals surface area (Å²) in [5.41, 5.74) is 4.20. The Morgan fingerprint density at radius 2 is 1.08 bits per heavy atom. The monoisotopic (exact) mass is 799 g/mol. The van der Waals surface area contributed by atoms with Gasteiger partial charge in [0.15, 0.2) is 0 Å². The van der Waals surface area contributed by atoms with Crippen LogP contribution in [-0.2, 0) is 5.41 Å². The van der Waals surface area contributed by atoms with Gasteiger partial charge in [-0.2, -0.15) is 0 Å². The van der Waals surface area contributed by atoms with E-state index in [0.29, 0.717) is 11.4 Å². The van der Waals surface area contributed by atoms with Crippen LogP contribution < -0.4 is 9.80 Å². The molecule has 0 amide bonds. The fourth-order valence-electron chi connectivity index (χ4n) is 8.56. The second kappa shape index (κ2) is 14.8. The van der Waals surface area contributed by atoms with Crippen molar-refractivity contribution in [1.29, 1.82) is 0 Å². The molecule has 0 N–H and O–H groups in total.